The minimum Gasteiger partial charge on any atom is -0.490 e. The Hall–Kier alpha value is -2.29. The van der Waals surface area contributed by atoms with E-state index in [-0.39, 0.29) is 17.2 Å². The first-order chi connectivity index (χ1) is 10.7. The molecule has 1 aromatic carbocycles. The number of carboxylic acids is 1. The molecule has 0 saturated heterocycles. The van der Waals surface area contributed by atoms with E-state index in [2.05, 4.69) is 5.32 Å². The number of benzene rings is 1. The molecule has 0 aliphatic heterocycles. The number of amides is 1. The van der Waals surface area contributed by atoms with Crippen molar-refractivity contribution < 1.29 is 24.4 Å². The lowest BCUT2D eigenvalue weighted by Gasteiger charge is -2.20. The van der Waals surface area contributed by atoms with E-state index in [1.165, 1.54) is 44.9 Å². The van der Waals surface area contributed by atoms with Gasteiger partial charge in [-0.15, -0.1) is 11.8 Å². The fourth-order valence-electron chi connectivity index (χ4n) is 1.67. The first-order valence-corrected chi connectivity index (χ1v) is 7.76. The van der Waals surface area contributed by atoms with Crippen LogP contribution in [0.5, 0.6) is 5.75 Å². The summed E-state index contributed by atoms with van der Waals surface area (Å²) in [5, 5.41) is 22.3. The third-order valence-electron chi connectivity index (χ3n) is 2.93. The van der Waals surface area contributed by atoms with Gasteiger partial charge in [0.15, 0.2) is 5.75 Å². The normalized spacial score (nSPS) is 10.9. The Morgan fingerprint density at radius 2 is 2.09 bits per heavy atom. The number of rotatable bonds is 8. The molecule has 0 spiro atoms. The second-order valence-corrected chi connectivity index (χ2v) is 6.22. The van der Waals surface area contributed by atoms with E-state index in [9.17, 15) is 19.7 Å². The SMILES string of the molecule is COc1ccc(CSCC(=O)NC(C)(C)C(=O)O)cc1[N+](=O)[O-]. The average Bonchev–Trinajstić information content (AvgIpc) is 2.46. The molecule has 8 nitrogen and oxygen atoms in total. The smallest absolute Gasteiger partial charge is 0.328 e. The molecule has 0 aromatic heterocycles. The minimum atomic E-state index is -1.34. The number of carboxylic acid groups (broad SMARTS) is 1. The molecule has 0 radical (unpaired) electrons. The Balaban J connectivity index is 2.59. The van der Waals surface area contributed by atoms with Gasteiger partial charge in [0.1, 0.15) is 5.54 Å². The van der Waals surface area contributed by atoms with Crippen LogP contribution in [-0.4, -0.2) is 40.3 Å². The molecular formula is C14H18N2O6S. The first kappa shape index (κ1) is 18.8. The summed E-state index contributed by atoms with van der Waals surface area (Å²) in [6.07, 6.45) is 0. The van der Waals surface area contributed by atoms with Gasteiger partial charge in [-0.3, -0.25) is 14.9 Å². The fourth-order valence-corrected chi connectivity index (χ4v) is 2.44. The number of hydrogen-bond acceptors (Lipinski definition) is 6. The molecule has 0 saturated carbocycles. The Labute approximate surface area is 137 Å². The monoisotopic (exact) mass is 342 g/mol. The molecule has 0 aliphatic rings. The standard InChI is InChI=1S/C14H18N2O6S/c1-14(2,13(18)19)15-12(17)8-23-7-9-4-5-11(22-3)10(6-9)16(20)21/h4-6H,7-8H2,1-3H3,(H,15,17)(H,18,19). The van der Waals surface area contributed by atoms with Gasteiger partial charge in [0.05, 0.1) is 17.8 Å². The Morgan fingerprint density at radius 1 is 1.43 bits per heavy atom. The van der Waals surface area contributed by atoms with E-state index < -0.39 is 22.3 Å². The largest absolute Gasteiger partial charge is 0.490 e. The molecule has 0 heterocycles. The summed E-state index contributed by atoms with van der Waals surface area (Å²) in [7, 11) is 1.35. The highest BCUT2D eigenvalue weighted by Gasteiger charge is 2.28. The summed E-state index contributed by atoms with van der Waals surface area (Å²) < 4.78 is 4.91. The van der Waals surface area contributed by atoms with Crippen molar-refractivity contribution in [1.29, 1.82) is 0 Å². The molecule has 23 heavy (non-hydrogen) atoms. The fraction of sp³-hybridized carbons (Fsp3) is 0.429. The summed E-state index contributed by atoms with van der Waals surface area (Å²) in [4.78, 5) is 33.0. The highest BCUT2D eigenvalue weighted by molar-refractivity contribution is 7.99. The van der Waals surface area contributed by atoms with E-state index in [0.29, 0.717) is 11.3 Å². The van der Waals surface area contributed by atoms with Crippen LogP contribution in [0.15, 0.2) is 18.2 Å². The zero-order valence-electron chi connectivity index (χ0n) is 13.0. The number of carbonyl (C=O) groups is 2. The van der Waals surface area contributed by atoms with E-state index in [0.717, 1.165) is 0 Å². The number of nitrogens with one attached hydrogen (secondary N) is 1. The predicted molar refractivity (Wildman–Crippen MR) is 85.7 cm³/mol. The summed E-state index contributed by atoms with van der Waals surface area (Å²) in [5.74, 6) is -0.931. The molecule has 0 fully saturated rings. The number of carbonyl (C=O) groups excluding carboxylic acids is 1. The number of nitro benzene ring substituents is 1. The third kappa shape index (κ3) is 5.44. The quantitative estimate of drug-likeness (QED) is 0.546. The lowest BCUT2D eigenvalue weighted by Crippen LogP contribution is -2.50. The van der Waals surface area contributed by atoms with Crippen LogP contribution in [-0.2, 0) is 15.3 Å². The summed E-state index contributed by atoms with van der Waals surface area (Å²) in [6, 6.07) is 4.57. The molecule has 126 valence electrons. The molecule has 0 atom stereocenters. The van der Waals surface area contributed by atoms with Gasteiger partial charge in [0.2, 0.25) is 5.91 Å². The minimum absolute atomic E-state index is 0.0521. The van der Waals surface area contributed by atoms with Crippen LogP contribution in [0.2, 0.25) is 0 Å². The van der Waals surface area contributed by atoms with Crippen molar-refractivity contribution in [1.82, 2.24) is 5.32 Å². The van der Waals surface area contributed by atoms with Gasteiger partial charge >= 0.3 is 11.7 Å². The van der Waals surface area contributed by atoms with Crippen molar-refractivity contribution >= 4 is 29.3 Å². The second kappa shape index (κ2) is 7.82. The van der Waals surface area contributed by atoms with Crippen molar-refractivity contribution in [2.24, 2.45) is 0 Å². The van der Waals surface area contributed by atoms with Crippen molar-refractivity contribution in [3.8, 4) is 5.75 Å². The predicted octanol–water partition coefficient (Wildman–Crippen LogP) is 1.82. The Morgan fingerprint density at radius 3 is 2.61 bits per heavy atom. The van der Waals surface area contributed by atoms with Crippen LogP contribution < -0.4 is 10.1 Å². The molecule has 9 heteroatoms. The van der Waals surface area contributed by atoms with Crippen LogP contribution in [0.1, 0.15) is 19.4 Å². The average molecular weight is 342 g/mol. The lowest BCUT2D eigenvalue weighted by molar-refractivity contribution is -0.385. The third-order valence-corrected chi connectivity index (χ3v) is 3.93. The van der Waals surface area contributed by atoms with Crippen molar-refractivity contribution in [2.75, 3.05) is 12.9 Å². The lowest BCUT2D eigenvalue weighted by atomic mass is 10.1. The maximum absolute atomic E-state index is 11.7. The Bertz CT molecular complexity index is 617. The topological polar surface area (TPSA) is 119 Å². The van der Waals surface area contributed by atoms with E-state index in [1.807, 2.05) is 0 Å². The van der Waals surface area contributed by atoms with Crippen LogP contribution in [0.4, 0.5) is 5.69 Å². The van der Waals surface area contributed by atoms with Gasteiger partial charge < -0.3 is 15.2 Å². The van der Waals surface area contributed by atoms with Crippen LogP contribution in [0, 0.1) is 10.1 Å². The second-order valence-electron chi connectivity index (χ2n) is 5.23. The number of hydrogen-bond donors (Lipinski definition) is 2. The number of methoxy groups -OCH3 is 1. The van der Waals surface area contributed by atoms with Gasteiger partial charge in [-0.2, -0.15) is 0 Å². The summed E-state index contributed by atoms with van der Waals surface area (Å²) >= 11 is 1.23. The maximum Gasteiger partial charge on any atom is 0.328 e. The molecule has 1 amide bonds. The number of nitro groups is 1. The van der Waals surface area contributed by atoms with Crippen LogP contribution >= 0.6 is 11.8 Å². The van der Waals surface area contributed by atoms with Crippen molar-refractivity contribution in [2.45, 2.75) is 25.1 Å². The molecular weight excluding hydrogens is 324 g/mol. The summed E-state index contributed by atoms with van der Waals surface area (Å²) in [5.41, 5.74) is -0.800. The molecule has 0 unspecified atom stereocenters. The van der Waals surface area contributed by atoms with Gasteiger partial charge in [0, 0.05) is 11.8 Å². The Kier molecular flexibility index (Phi) is 6.38. The van der Waals surface area contributed by atoms with Gasteiger partial charge in [-0.05, 0) is 25.5 Å². The molecule has 1 aromatic rings. The van der Waals surface area contributed by atoms with E-state index in [1.54, 1.807) is 6.07 Å². The number of nitrogens with zero attached hydrogens (tertiary/aromatic N) is 1. The molecule has 2 N–H and O–H groups in total. The zero-order valence-corrected chi connectivity index (χ0v) is 13.8. The van der Waals surface area contributed by atoms with Gasteiger partial charge in [-0.25, -0.2) is 4.79 Å². The van der Waals surface area contributed by atoms with E-state index >= 15 is 0 Å². The maximum atomic E-state index is 11.7. The molecule has 0 bridgehead atoms. The highest BCUT2D eigenvalue weighted by Crippen LogP contribution is 2.28. The summed E-state index contributed by atoms with van der Waals surface area (Å²) in [6.45, 7) is 2.79. The first-order valence-electron chi connectivity index (χ1n) is 6.61. The van der Waals surface area contributed by atoms with Crippen LogP contribution in [0.25, 0.3) is 0 Å². The van der Waals surface area contributed by atoms with Gasteiger partial charge in [0.25, 0.3) is 0 Å². The zero-order chi connectivity index (χ0) is 17.6. The molecule has 0 aliphatic carbocycles. The molecule has 1 rings (SSSR count). The highest BCUT2D eigenvalue weighted by atomic mass is 32.2. The number of thioether (sulfide) groups is 1. The number of ether oxygens (including phenoxy) is 1. The number of aliphatic carboxylic acids is 1. The van der Waals surface area contributed by atoms with Crippen molar-refractivity contribution in [3.63, 3.8) is 0 Å². The van der Waals surface area contributed by atoms with Crippen LogP contribution in [0.3, 0.4) is 0 Å². The van der Waals surface area contributed by atoms with Gasteiger partial charge in [-0.1, -0.05) is 6.07 Å². The van der Waals surface area contributed by atoms with E-state index in [4.69, 9.17) is 9.84 Å². The van der Waals surface area contributed by atoms with Crippen molar-refractivity contribution in [3.05, 3.63) is 33.9 Å².